The summed E-state index contributed by atoms with van der Waals surface area (Å²) >= 11 is 0. The second kappa shape index (κ2) is 11.3. The van der Waals surface area contributed by atoms with Gasteiger partial charge >= 0.3 is 5.97 Å². The number of hydrazone groups is 1. The molecule has 0 atom stereocenters. The van der Waals surface area contributed by atoms with Crippen LogP contribution in [0.2, 0.25) is 0 Å². The van der Waals surface area contributed by atoms with Crippen molar-refractivity contribution < 1.29 is 23.8 Å². The third kappa shape index (κ3) is 6.70. The topological polar surface area (TPSA) is 86.2 Å². The number of benzene rings is 3. The van der Waals surface area contributed by atoms with E-state index in [1.807, 2.05) is 24.3 Å². The fraction of sp³-hybridized carbons (Fsp3) is 0.160. The van der Waals surface area contributed by atoms with Gasteiger partial charge in [0.15, 0.2) is 6.61 Å². The highest BCUT2D eigenvalue weighted by Crippen LogP contribution is 2.16. The van der Waals surface area contributed by atoms with E-state index in [-0.39, 0.29) is 12.5 Å². The lowest BCUT2D eigenvalue weighted by atomic mass is 10.2. The first-order valence-electron chi connectivity index (χ1n) is 10.1. The molecule has 32 heavy (non-hydrogen) atoms. The van der Waals surface area contributed by atoms with Gasteiger partial charge in [-0.25, -0.2) is 10.2 Å². The van der Waals surface area contributed by atoms with E-state index >= 15 is 0 Å². The lowest BCUT2D eigenvalue weighted by Gasteiger charge is -2.06. The van der Waals surface area contributed by atoms with E-state index in [0.29, 0.717) is 22.8 Å². The summed E-state index contributed by atoms with van der Waals surface area (Å²) < 4.78 is 15.9. The predicted molar refractivity (Wildman–Crippen MR) is 121 cm³/mol. The third-order valence-corrected chi connectivity index (χ3v) is 4.52. The molecule has 0 aliphatic carbocycles. The minimum absolute atomic E-state index is 0.136. The van der Waals surface area contributed by atoms with E-state index in [2.05, 4.69) is 17.5 Å². The van der Waals surface area contributed by atoms with Gasteiger partial charge in [-0.15, -0.1) is 0 Å². The van der Waals surface area contributed by atoms with Crippen molar-refractivity contribution in [3.63, 3.8) is 0 Å². The van der Waals surface area contributed by atoms with Crippen LogP contribution in [0.4, 0.5) is 0 Å². The Labute approximate surface area is 186 Å². The van der Waals surface area contributed by atoms with Crippen molar-refractivity contribution in [2.24, 2.45) is 5.10 Å². The van der Waals surface area contributed by atoms with Crippen molar-refractivity contribution in [3.05, 3.63) is 89.5 Å². The predicted octanol–water partition coefficient (Wildman–Crippen LogP) is 4.01. The van der Waals surface area contributed by atoms with Crippen molar-refractivity contribution in [1.82, 2.24) is 5.43 Å². The molecule has 0 unspecified atom stereocenters. The number of esters is 1. The van der Waals surface area contributed by atoms with Crippen molar-refractivity contribution >= 4 is 18.1 Å². The largest absolute Gasteiger partial charge is 0.497 e. The van der Waals surface area contributed by atoms with Gasteiger partial charge < -0.3 is 14.2 Å². The summed E-state index contributed by atoms with van der Waals surface area (Å²) in [5.74, 6) is 0.849. The van der Waals surface area contributed by atoms with Crippen LogP contribution in [-0.2, 0) is 11.2 Å². The van der Waals surface area contributed by atoms with E-state index in [0.717, 1.165) is 12.0 Å². The lowest BCUT2D eigenvalue weighted by Crippen LogP contribution is -2.24. The van der Waals surface area contributed by atoms with Gasteiger partial charge in [-0.3, -0.25) is 4.79 Å². The molecule has 0 spiro atoms. The fourth-order valence-corrected chi connectivity index (χ4v) is 2.70. The minimum atomic E-state index is -0.467. The first-order chi connectivity index (χ1) is 15.6. The number of carbonyl (C=O) groups excluding carboxylic acids is 2. The zero-order chi connectivity index (χ0) is 22.8. The molecule has 0 bridgehead atoms. The zero-order valence-electron chi connectivity index (χ0n) is 17.9. The molecular weight excluding hydrogens is 408 g/mol. The monoisotopic (exact) mass is 432 g/mol. The van der Waals surface area contributed by atoms with E-state index in [9.17, 15) is 9.59 Å². The highest BCUT2D eigenvalue weighted by molar-refractivity contribution is 5.91. The second-order valence-electron chi connectivity index (χ2n) is 6.77. The quantitative estimate of drug-likeness (QED) is 0.239. The normalized spacial score (nSPS) is 10.6. The van der Waals surface area contributed by atoms with Crippen LogP contribution < -0.4 is 19.6 Å². The highest BCUT2D eigenvalue weighted by Gasteiger charge is 2.08. The molecule has 3 aromatic carbocycles. The standard InChI is InChI=1S/C25H24N2O5/c1-3-18-4-10-22(11-5-18)31-17-24(28)27-26-16-19-6-12-23(13-7-19)32-25(29)20-8-14-21(30-2)15-9-20/h4-16H,3,17H2,1-2H3,(H,27,28)/b26-16+. The van der Waals surface area contributed by atoms with E-state index < -0.39 is 5.97 Å². The van der Waals surface area contributed by atoms with Crippen LogP contribution in [0.5, 0.6) is 17.2 Å². The summed E-state index contributed by atoms with van der Waals surface area (Å²) in [6.45, 7) is 1.94. The van der Waals surface area contributed by atoms with Crippen molar-refractivity contribution in [2.75, 3.05) is 13.7 Å². The SMILES string of the molecule is CCc1ccc(OCC(=O)N/N=C/c2ccc(OC(=O)c3ccc(OC)cc3)cc2)cc1. The maximum absolute atomic E-state index is 12.2. The highest BCUT2D eigenvalue weighted by atomic mass is 16.5. The Hall–Kier alpha value is -4.13. The average molecular weight is 432 g/mol. The van der Waals surface area contributed by atoms with Crippen LogP contribution in [0.15, 0.2) is 77.9 Å². The fourth-order valence-electron chi connectivity index (χ4n) is 2.70. The number of hydrogen-bond donors (Lipinski definition) is 1. The Morgan fingerprint density at radius 2 is 1.50 bits per heavy atom. The molecule has 1 amide bonds. The van der Waals surface area contributed by atoms with Crippen molar-refractivity contribution in [3.8, 4) is 17.2 Å². The van der Waals surface area contributed by atoms with E-state index in [1.165, 1.54) is 11.8 Å². The number of carbonyl (C=O) groups is 2. The summed E-state index contributed by atoms with van der Waals surface area (Å²) in [6.07, 6.45) is 2.44. The van der Waals surface area contributed by atoms with Crippen LogP contribution in [0.25, 0.3) is 0 Å². The molecule has 0 saturated carbocycles. The zero-order valence-corrected chi connectivity index (χ0v) is 17.9. The third-order valence-electron chi connectivity index (χ3n) is 4.52. The van der Waals surface area contributed by atoms with Crippen LogP contribution in [0, 0.1) is 0 Å². The molecule has 7 heteroatoms. The van der Waals surface area contributed by atoms with Gasteiger partial charge in [0.05, 0.1) is 18.9 Å². The van der Waals surface area contributed by atoms with Gasteiger partial charge in [0.2, 0.25) is 0 Å². The lowest BCUT2D eigenvalue weighted by molar-refractivity contribution is -0.123. The summed E-state index contributed by atoms with van der Waals surface area (Å²) in [7, 11) is 1.56. The van der Waals surface area contributed by atoms with Gasteiger partial charge in [0.1, 0.15) is 17.2 Å². The van der Waals surface area contributed by atoms with Crippen LogP contribution >= 0.6 is 0 Å². The van der Waals surface area contributed by atoms with Gasteiger partial charge in [-0.1, -0.05) is 19.1 Å². The molecule has 164 valence electrons. The number of nitrogens with zero attached hydrogens (tertiary/aromatic N) is 1. The Balaban J connectivity index is 1.44. The maximum Gasteiger partial charge on any atom is 0.343 e. The van der Waals surface area contributed by atoms with Crippen LogP contribution in [-0.4, -0.2) is 31.8 Å². The minimum Gasteiger partial charge on any atom is -0.497 e. The Morgan fingerprint density at radius 3 is 2.12 bits per heavy atom. The Bertz CT molecular complexity index is 1060. The Morgan fingerprint density at radius 1 is 0.875 bits per heavy atom. The summed E-state index contributed by atoms with van der Waals surface area (Å²) in [5.41, 5.74) is 4.76. The molecule has 1 N–H and O–H groups in total. The maximum atomic E-state index is 12.2. The molecule has 3 aromatic rings. The second-order valence-corrected chi connectivity index (χ2v) is 6.77. The first-order valence-corrected chi connectivity index (χ1v) is 10.1. The van der Waals surface area contributed by atoms with Gasteiger partial charge in [-0.2, -0.15) is 5.10 Å². The number of nitrogens with one attached hydrogen (secondary N) is 1. The van der Waals surface area contributed by atoms with E-state index in [4.69, 9.17) is 14.2 Å². The van der Waals surface area contributed by atoms with Crippen molar-refractivity contribution in [1.29, 1.82) is 0 Å². The molecule has 0 aliphatic heterocycles. The molecule has 7 nitrogen and oxygen atoms in total. The molecule has 0 aliphatic rings. The average Bonchev–Trinajstić information content (AvgIpc) is 2.84. The summed E-state index contributed by atoms with van der Waals surface area (Å²) in [5, 5.41) is 3.91. The number of hydrogen-bond acceptors (Lipinski definition) is 6. The smallest absolute Gasteiger partial charge is 0.343 e. The van der Waals surface area contributed by atoms with Gasteiger partial charge in [0.25, 0.3) is 5.91 Å². The molecule has 0 saturated heterocycles. The molecule has 0 radical (unpaired) electrons. The molecular formula is C25H24N2O5. The first kappa shape index (κ1) is 22.6. The molecule has 0 heterocycles. The van der Waals surface area contributed by atoms with Crippen LogP contribution in [0.3, 0.4) is 0 Å². The molecule has 3 rings (SSSR count). The molecule has 0 fully saturated rings. The summed E-state index contributed by atoms with van der Waals surface area (Å²) in [6, 6.07) is 21.0. The van der Waals surface area contributed by atoms with Crippen molar-refractivity contribution in [2.45, 2.75) is 13.3 Å². The number of aryl methyl sites for hydroxylation is 1. The molecule has 0 aromatic heterocycles. The Kier molecular flexibility index (Phi) is 7.97. The van der Waals surface area contributed by atoms with Gasteiger partial charge in [0, 0.05) is 0 Å². The van der Waals surface area contributed by atoms with Crippen LogP contribution in [0.1, 0.15) is 28.4 Å². The van der Waals surface area contributed by atoms with E-state index in [1.54, 1.807) is 55.6 Å². The summed E-state index contributed by atoms with van der Waals surface area (Å²) in [4.78, 5) is 24.1. The van der Waals surface area contributed by atoms with Gasteiger partial charge in [-0.05, 0) is 78.2 Å². The number of amides is 1. The number of methoxy groups -OCH3 is 1. The number of rotatable bonds is 9. The number of ether oxygens (including phenoxy) is 3.